The molecule has 2 aliphatic heterocycles. The van der Waals surface area contributed by atoms with Crippen LogP contribution >= 0.6 is 24.0 Å². The zero-order chi connectivity index (χ0) is 17.5. The topological polar surface area (TPSA) is 69.9 Å². The number of benzene rings is 1. The lowest BCUT2D eigenvalue weighted by molar-refractivity contribution is -0.0817. The summed E-state index contributed by atoms with van der Waals surface area (Å²) in [6.07, 6.45) is 2.54. The maximum atomic E-state index is 8.89. The van der Waals surface area contributed by atoms with Gasteiger partial charge in [-0.2, -0.15) is 5.26 Å². The van der Waals surface area contributed by atoms with Crippen molar-refractivity contribution in [1.29, 1.82) is 5.26 Å². The number of hydrogen-bond acceptors (Lipinski definition) is 4. The van der Waals surface area contributed by atoms with Gasteiger partial charge in [0, 0.05) is 26.2 Å². The number of rotatable bonds is 4. The van der Waals surface area contributed by atoms with E-state index in [1.807, 2.05) is 24.3 Å². The lowest BCUT2D eigenvalue weighted by Crippen LogP contribution is -2.53. The number of guanidine groups is 1. The van der Waals surface area contributed by atoms with E-state index < -0.39 is 0 Å². The Morgan fingerprint density at radius 1 is 1.27 bits per heavy atom. The van der Waals surface area contributed by atoms with Gasteiger partial charge in [0.25, 0.3) is 0 Å². The molecule has 26 heavy (non-hydrogen) atoms. The Morgan fingerprint density at radius 3 is 2.69 bits per heavy atom. The molecule has 1 N–H and O–H groups in total. The predicted octanol–water partition coefficient (Wildman–Crippen LogP) is 2.52. The van der Waals surface area contributed by atoms with Crippen molar-refractivity contribution in [3.05, 3.63) is 35.4 Å². The number of aliphatic imine (C=N–C) groups is 1. The molecule has 2 aliphatic rings. The van der Waals surface area contributed by atoms with Crippen LogP contribution in [0.15, 0.2) is 29.3 Å². The normalized spacial score (nSPS) is 23.2. The molecule has 0 spiro atoms. The van der Waals surface area contributed by atoms with E-state index in [4.69, 9.17) is 19.7 Å². The molecule has 0 radical (unpaired) electrons. The zero-order valence-electron chi connectivity index (χ0n) is 15.2. The summed E-state index contributed by atoms with van der Waals surface area (Å²) in [5.74, 6) is 0.915. The Labute approximate surface area is 172 Å². The lowest BCUT2D eigenvalue weighted by atomic mass is 10.1. The average Bonchev–Trinajstić information content (AvgIpc) is 3.20. The van der Waals surface area contributed by atoms with E-state index in [2.05, 4.69) is 23.2 Å². The van der Waals surface area contributed by atoms with Crippen molar-refractivity contribution in [3.8, 4) is 6.07 Å². The van der Waals surface area contributed by atoms with Gasteiger partial charge < -0.3 is 19.7 Å². The minimum atomic E-state index is 0. The van der Waals surface area contributed by atoms with Crippen molar-refractivity contribution in [2.75, 3.05) is 32.8 Å². The Kier molecular flexibility index (Phi) is 8.62. The van der Waals surface area contributed by atoms with Crippen LogP contribution in [0, 0.1) is 11.3 Å². The molecule has 0 aromatic heterocycles. The fourth-order valence-electron chi connectivity index (χ4n) is 3.27. The van der Waals surface area contributed by atoms with E-state index in [1.54, 1.807) is 0 Å². The lowest BCUT2D eigenvalue weighted by Gasteiger charge is -2.37. The van der Waals surface area contributed by atoms with E-state index in [1.165, 1.54) is 0 Å². The van der Waals surface area contributed by atoms with Gasteiger partial charge in [-0.15, -0.1) is 24.0 Å². The third kappa shape index (κ3) is 5.56. The summed E-state index contributed by atoms with van der Waals surface area (Å²) in [5, 5.41) is 12.3. The van der Waals surface area contributed by atoms with Crippen LogP contribution in [-0.2, 0) is 16.0 Å². The quantitative estimate of drug-likeness (QED) is 0.416. The van der Waals surface area contributed by atoms with Gasteiger partial charge in [-0.1, -0.05) is 12.1 Å². The molecule has 0 bridgehead atoms. The van der Waals surface area contributed by atoms with Gasteiger partial charge in [0.1, 0.15) is 6.10 Å². The van der Waals surface area contributed by atoms with Crippen LogP contribution in [-0.4, -0.2) is 55.9 Å². The Bertz CT molecular complexity index is 623. The van der Waals surface area contributed by atoms with Gasteiger partial charge in [-0.3, -0.25) is 0 Å². The number of hydrogen-bond donors (Lipinski definition) is 1. The third-order valence-corrected chi connectivity index (χ3v) is 4.60. The second-order valence-electron chi connectivity index (χ2n) is 6.39. The molecule has 142 valence electrons. The van der Waals surface area contributed by atoms with E-state index in [9.17, 15) is 0 Å². The van der Waals surface area contributed by atoms with Crippen molar-refractivity contribution < 1.29 is 9.47 Å². The van der Waals surface area contributed by atoms with Crippen LogP contribution in [0.3, 0.4) is 0 Å². The van der Waals surface area contributed by atoms with Gasteiger partial charge in [0.05, 0.1) is 30.9 Å². The molecule has 2 unspecified atom stereocenters. The summed E-state index contributed by atoms with van der Waals surface area (Å²) < 4.78 is 11.7. The minimum absolute atomic E-state index is 0. The minimum Gasteiger partial charge on any atom is -0.375 e. The van der Waals surface area contributed by atoms with Crippen LogP contribution in [0.2, 0.25) is 0 Å². The molecular formula is C19H27IN4O2. The molecule has 2 fully saturated rings. The van der Waals surface area contributed by atoms with Gasteiger partial charge in [-0.05, 0) is 37.5 Å². The molecule has 1 aromatic rings. The Balaban J connectivity index is 0.00000243. The van der Waals surface area contributed by atoms with Gasteiger partial charge in [0.15, 0.2) is 5.96 Å². The summed E-state index contributed by atoms with van der Waals surface area (Å²) in [7, 11) is 0. The molecule has 6 nitrogen and oxygen atoms in total. The molecule has 2 saturated heterocycles. The highest BCUT2D eigenvalue weighted by Crippen LogP contribution is 2.21. The number of halogens is 1. The van der Waals surface area contributed by atoms with Crippen LogP contribution in [0.5, 0.6) is 0 Å². The summed E-state index contributed by atoms with van der Waals surface area (Å²) >= 11 is 0. The SMILES string of the molecule is CCNC(=NCc1ccc(C#N)cc1)N1CCOC(C2CCCO2)C1.I. The molecule has 3 rings (SSSR count). The fraction of sp³-hybridized carbons (Fsp3) is 0.579. The van der Waals surface area contributed by atoms with E-state index in [-0.39, 0.29) is 36.2 Å². The standard InChI is InChI=1S/C19H26N4O2.HI/c1-2-21-19(22-13-16-7-5-15(12-20)6-8-16)23-9-11-25-18(14-23)17-4-3-10-24-17;/h5-8,17-18H,2-4,9-11,13-14H2,1H3,(H,21,22);1H. The summed E-state index contributed by atoms with van der Waals surface area (Å²) in [6, 6.07) is 9.72. The maximum Gasteiger partial charge on any atom is 0.194 e. The molecule has 2 atom stereocenters. The van der Waals surface area contributed by atoms with Crippen molar-refractivity contribution in [2.45, 2.75) is 38.5 Å². The van der Waals surface area contributed by atoms with E-state index >= 15 is 0 Å². The average molecular weight is 470 g/mol. The molecule has 2 heterocycles. The molecule has 1 aromatic carbocycles. The van der Waals surface area contributed by atoms with Crippen LogP contribution < -0.4 is 5.32 Å². The largest absolute Gasteiger partial charge is 0.375 e. The first-order valence-corrected chi connectivity index (χ1v) is 9.05. The van der Waals surface area contributed by atoms with Crippen molar-refractivity contribution in [1.82, 2.24) is 10.2 Å². The van der Waals surface area contributed by atoms with Crippen molar-refractivity contribution in [2.24, 2.45) is 4.99 Å². The van der Waals surface area contributed by atoms with Gasteiger partial charge in [0.2, 0.25) is 0 Å². The number of nitrogens with one attached hydrogen (secondary N) is 1. The van der Waals surface area contributed by atoms with Gasteiger partial charge >= 0.3 is 0 Å². The first-order chi connectivity index (χ1) is 12.3. The number of morpholine rings is 1. The smallest absolute Gasteiger partial charge is 0.194 e. The number of nitrogens with zero attached hydrogens (tertiary/aromatic N) is 3. The first-order valence-electron chi connectivity index (χ1n) is 9.05. The molecule has 0 aliphatic carbocycles. The summed E-state index contributed by atoms with van der Waals surface area (Å²) in [6.45, 7) is 6.69. The molecule has 0 saturated carbocycles. The highest BCUT2D eigenvalue weighted by atomic mass is 127. The maximum absolute atomic E-state index is 8.89. The Morgan fingerprint density at radius 2 is 2.04 bits per heavy atom. The van der Waals surface area contributed by atoms with Crippen molar-refractivity contribution in [3.63, 3.8) is 0 Å². The highest BCUT2D eigenvalue weighted by Gasteiger charge is 2.32. The highest BCUT2D eigenvalue weighted by molar-refractivity contribution is 14.0. The zero-order valence-corrected chi connectivity index (χ0v) is 17.5. The Hall–Kier alpha value is -1.37. The van der Waals surface area contributed by atoms with Gasteiger partial charge in [-0.25, -0.2) is 4.99 Å². The second-order valence-corrected chi connectivity index (χ2v) is 6.39. The number of ether oxygens (including phenoxy) is 2. The van der Waals surface area contributed by atoms with Crippen LogP contribution in [0.25, 0.3) is 0 Å². The van der Waals surface area contributed by atoms with Crippen LogP contribution in [0.4, 0.5) is 0 Å². The third-order valence-electron chi connectivity index (χ3n) is 4.60. The molecule has 0 amide bonds. The van der Waals surface area contributed by atoms with Crippen LogP contribution in [0.1, 0.15) is 30.9 Å². The summed E-state index contributed by atoms with van der Waals surface area (Å²) in [5.41, 5.74) is 1.77. The molecular weight excluding hydrogens is 443 g/mol. The monoisotopic (exact) mass is 470 g/mol. The predicted molar refractivity (Wildman–Crippen MR) is 112 cm³/mol. The first kappa shape index (κ1) is 20.9. The fourth-order valence-corrected chi connectivity index (χ4v) is 3.27. The van der Waals surface area contributed by atoms with E-state index in [0.717, 1.165) is 50.6 Å². The molecule has 7 heteroatoms. The second kappa shape index (κ2) is 10.7. The van der Waals surface area contributed by atoms with Crippen molar-refractivity contribution >= 4 is 29.9 Å². The number of nitriles is 1. The van der Waals surface area contributed by atoms with E-state index in [0.29, 0.717) is 18.7 Å². The summed E-state index contributed by atoms with van der Waals surface area (Å²) in [4.78, 5) is 7.04.